The van der Waals surface area contributed by atoms with Crippen molar-refractivity contribution in [1.82, 2.24) is 0 Å². The zero-order valence-electron chi connectivity index (χ0n) is 7.19. The number of methoxy groups -OCH3 is 1. The quantitative estimate of drug-likeness (QED) is 0.683. The monoisotopic (exact) mass is 172 g/mol. The fourth-order valence-corrected chi connectivity index (χ4v) is 1.07. The van der Waals surface area contributed by atoms with E-state index in [9.17, 15) is 0 Å². The minimum absolute atomic E-state index is 0.579. The molecule has 0 unspecified atom stereocenters. The summed E-state index contributed by atoms with van der Waals surface area (Å²) in [6.45, 7) is 0. The van der Waals surface area contributed by atoms with Crippen molar-refractivity contribution in [2.75, 3.05) is 7.11 Å². The molecule has 0 saturated heterocycles. The average molecular weight is 172 g/mol. The fraction of sp³-hybridized carbons (Fsp3) is 0.200. The molecule has 0 aliphatic heterocycles. The first kappa shape index (κ1) is 9.09. The third-order valence-corrected chi connectivity index (χ3v) is 1.71. The van der Waals surface area contributed by atoms with Crippen LogP contribution in [0.5, 0.6) is 5.75 Å². The Bertz CT molecular complexity index is 359. The van der Waals surface area contributed by atoms with E-state index in [-0.39, 0.29) is 0 Å². The summed E-state index contributed by atoms with van der Waals surface area (Å²) in [5.74, 6) is -0.174. The Hall–Kier alpha value is -2.00. The summed E-state index contributed by atoms with van der Waals surface area (Å²) >= 11 is 0. The van der Waals surface area contributed by atoms with Crippen LogP contribution in [-0.4, -0.2) is 7.11 Å². The van der Waals surface area contributed by atoms with Crippen molar-refractivity contribution in [3.63, 3.8) is 0 Å². The third-order valence-electron chi connectivity index (χ3n) is 1.71. The van der Waals surface area contributed by atoms with Gasteiger partial charge < -0.3 is 4.74 Å². The van der Waals surface area contributed by atoms with E-state index < -0.39 is 5.92 Å². The topological polar surface area (TPSA) is 56.8 Å². The van der Waals surface area contributed by atoms with Gasteiger partial charge in [0.15, 0.2) is 5.92 Å². The summed E-state index contributed by atoms with van der Waals surface area (Å²) in [6.07, 6.45) is 0. The maximum Gasteiger partial charge on any atom is 0.161 e. The highest BCUT2D eigenvalue weighted by Crippen LogP contribution is 2.24. The molecule has 0 atom stereocenters. The normalized spacial score (nSPS) is 8.92. The molecule has 3 nitrogen and oxygen atoms in total. The number of rotatable bonds is 2. The maximum absolute atomic E-state index is 8.67. The molecule has 0 amide bonds. The molecule has 0 saturated carbocycles. The van der Waals surface area contributed by atoms with E-state index in [2.05, 4.69) is 0 Å². The zero-order valence-corrected chi connectivity index (χ0v) is 7.19. The standard InChI is InChI=1S/C10H8N2O/c1-13-10-5-3-2-4-9(10)8(6-11)7-12/h2-5,8H,1H3. The molecule has 1 aromatic rings. The van der Waals surface area contributed by atoms with Crippen LogP contribution in [0.3, 0.4) is 0 Å². The largest absolute Gasteiger partial charge is 0.496 e. The average Bonchev–Trinajstić information content (AvgIpc) is 2.20. The summed E-state index contributed by atoms with van der Waals surface area (Å²) in [5.41, 5.74) is 0.620. The van der Waals surface area contributed by atoms with Gasteiger partial charge >= 0.3 is 0 Å². The van der Waals surface area contributed by atoms with Gasteiger partial charge in [-0.1, -0.05) is 18.2 Å². The number of hydrogen-bond donors (Lipinski definition) is 0. The van der Waals surface area contributed by atoms with Gasteiger partial charge in [-0.05, 0) is 6.07 Å². The number of hydrogen-bond acceptors (Lipinski definition) is 3. The summed E-state index contributed by atoms with van der Waals surface area (Å²) in [7, 11) is 1.52. The highest BCUT2D eigenvalue weighted by Gasteiger charge is 2.13. The van der Waals surface area contributed by atoms with Gasteiger partial charge in [0, 0.05) is 5.56 Å². The van der Waals surface area contributed by atoms with Crippen LogP contribution in [-0.2, 0) is 0 Å². The Morgan fingerprint density at radius 3 is 2.38 bits per heavy atom. The highest BCUT2D eigenvalue weighted by atomic mass is 16.5. The van der Waals surface area contributed by atoms with E-state index in [0.29, 0.717) is 11.3 Å². The fourth-order valence-electron chi connectivity index (χ4n) is 1.07. The number of ether oxygens (including phenoxy) is 1. The molecule has 0 aromatic heterocycles. The molecular formula is C10H8N2O. The van der Waals surface area contributed by atoms with E-state index in [1.54, 1.807) is 24.3 Å². The first-order valence-corrected chi connectivity index (χ1v) is 3.75. The van der Waals surface area contributed by atoms with E-state index in [4.69, 9.17) is 15.3 Å². The molecule has 0 aliphatic rings. The van der Waals surface area contributed by atoms with Gasteiger partial charge in [-0.25, -0.2) is 0 Å². The molecule has 13 heavy (non-hydrogen) atoms. The Balaban J connectivity index is 3.15. The Morgan fingerprint density at radius 1 is 1.23 bits per heavy atom. The second kappa shape index (κ2) is 4.13. The Labute approximate surface area is 76.8 Å². The molecule has 0 aliphatic carbocycles. The molecule has 1 aromatic carbocycles. The van der Waals surface area contributed by atoms with Crippen molar-refractivity contribution >= 4 is 0 Å². The van der Waals surface area contributed by atoms with Crippen LogP contribution in [0.25, 0.3) is 0 Å². The lowest BCUT2D eigenvalue weighted by Gasteiger charge is -2.06. The molecule has 0 radical (unpaired) electrons. The van der Waals surface area contributed by atoms with Crippen molar-refractivity contribution in [2.24, 2.45) is 0 Å². The van der Waals surface area contributed by atoms with Crippen LogP contribution in [0.4, 0.5) is 0 Å². The van der Waals surface area contributed by atoms with Crippen LogP contribution in [0.1, 0.15) is 11.5 Å². The second-order valence-electron chi connectivity index (χ2n) is 2.43. The van der Waals surface area contributed by atoms with Gasteiger partial charge in [0.1, 0.15) is 5.75 Å². The minimum atomic E-state index is -0.754. The van der Waals surface area contributed by atoms with Crippen LogP contribution < -0.4 is 4.74 Å². The highest BCUT2D eigenvalue weighted by molar-refractivity contribution is 5.42. The predicted octanol–water partition coefficient (Wildman–Crippen LogP) is 1.83. The molecule has 1 rings (SSSR count). The number of nitriles is 2. The SMILES string of the molecule is COc1ccccc1C(C#N)C#N. The molecule has 0 heterocycles. The lowest BCUT2D eigenvalue weighted by molar-refractivity contribution is 0.410. The summed E-state index contributed by atoms with van der Waals surface area (Å²) < 4.78 is 5.03. The first-order chi connectivity index (χ1) is 6.33. The van der Waals surface area contributed by atoms with Crippen LogP contribution in [0.15, 0.2) is 24.3 Å². The van der Waals surface area contributed by atoms with Crippen LogP contribution >= 0.6 is 0 Å². The summed E-state index contributed by atoms with van der Waals surface area (Å²) in [6, 6.07) is 10.8. The predicted molar refractivity (Wildman–Crippen MR) is 47.0 cm³/mol. The minimum Gasteiger partial charge on any atom is -0.496 e. The van der Waals surface area contributed by atoms with Gasteiger partial charge in [-0.3, -0.25) is 0 Å². The first-order valence-electron chi connectivity index (χ1n) is 3.75. The lowest BCUT2D eigenvalue weighted by Crippen LogP contribution is -1.96. The molecule has 0 spiro atoms. The van der Waals surface area contributed by atoms with Crippen LogP contribution in [0, 0.1) is 22.7 Å². The molecule has 64 valence electrons. The molecule has 0 bridgehead atoms. The van der Waals surface area contributed by atoms with Gasteiger partial charge in [-0.15, -0.1) is 0 Å². The van der Waals surface area contributed by atoms with E-state index >= 15 is 0 Å². The van der Waals surface area contributed by atoms with Gasteiger partial charge in [0.25, 0.3) is 0 Å². The maximum atomic E-state index is 8.67. The molecular weight excluding hydrogens is 164 g/mol. The zero-order chi connectivity index (χ0) is 9.68. The number of benzene rings is 1. The van der Waals surface area contributed by atoms with Gasteiger partial charge in [-0.2, -0.15) is 10.5 Å². The van der Waals surface area contributed by atoms with E-state index in [1.165, 1.54) is 7.11 Å². The van der Waals surface area contributed by atoms with E-state index in [1.807, 2.05) is 12.1 Å². The molecule has 0 fully saturated rings. The van der Waals surface area contributed by atoms with Crippen LogP contribution in [0.2, 0.25) is 0 Å². The van der Waals surface area contributed by atoms with Gasteiger partial charge in [0.2, 0.25) is 0 Å². The molecule has 3 heteroatoms. The summed E-state index contributed by atoms with van der Waals surface area (Å²) in [5, 5.41) is 17.3. The summed E-state index contributed by atoms with van der Waals surface area (Å²) in [4.78, 5) is 0. The van der Waals surface area contributed by atoms with E-state index in [0.717, 1.165) is 0 Å². The second-order valence-corrected chi connectivity index (χ2v) is 2.43. The smallest absolute Gasteiger partial charge is 0.161 e. The van der Waals surface area contributed by atoms with Crippen molar-refractivity contribution in [3.05, 3.63) is 29.8 Å². The number of para-hydroxylation sites is 1. The van der Waals surface area contributed by atoms with Crippen molar-refractivity contribution < 1.29 is 4.74 Å². The van der Waals surface area contributed by atoms with Crippen molar-refractivity contribution in [3.8, 4) is 17.9 Å². The Kier molecular flexibility index (Phi) is 2.89. The van der Waals surface area contributed by atoms with Crippen molar-refractivity contribution in [2.45, 2.75) is 5.92 Å². The Morgan fingerprint density at radius 2 is 1.85 bits per heavy atom. The third kappa shape index (κ3) is 1.77. The van der Waals surface area contributed by atoms with Gasteiger partial charge in [0.05, 0.1) is 19.2 Å². The lowest BCUT2D eigenvalue weighted by atomic mass is 10.0. The number of nitrogens with zero attached hydrogens (tertiary/aromatic N) is 2. The van der Waals surface area contributed by atoms with Crippen molar-refractivity contribution in [1.29, 1.82) is 10.5 Å². The molecule has 0 N–H and O–H groups in total.